The van der Waals surface area contributed by atoms with Gasteiger partial charge in [0.25, 0.3) is 0 Å². The predicted molar refractivity (Wildman–Crippen MR) is 99.2 cm³/mol. The standard InChI is InChI=1S/C20H25ClF2N2O2/c1-11(26)24-14-7-6-13(10-14)20(27)25-19(12-4-2-3-5-12)17-16(22)9-8-15(21)18(17)23/h8-9,12-14,19H,2-7,10H2,1H3,(H,24,26)(H,25,27)/t13-,14-,19+/m1/s1. The molecule has 2 aliphatic rings. The van der Waals surface area contributed by atoms with Crippen LogP contribution in [0.1, 0.15) is 63.5 Å². The molecule has 0 unspecified atom stereocenters. The van der Waals surface area contributed by atoms with Crippen molar-refractivity contribution >= 4 is 23.4 Å². The number of hydrogen-bond acceptors (Lipinski definition) is 2. The van der Waals surface area contributed by atoms with Crippen LogP contribution in [0, 0.1) is 23.5 Å². The van der Waals surface area contributed by atoms with Crippen molar-refractivity contribution in [1.82, 2.24) is 10.6 Å². The number of nitrogens with one attached hydrogen (secondary N) is 2. The summed E-state index contributed by atoms with van der Waals surface area (Å²) in [5.41, 5.74) is -0.140. The molecule has 2 saturated carbocycles. The molecule has 0 aromatic heterocycles. The van der Waals surface area contributed by atoms with Gasteiger partial charge in [-0.05, 0) is 50.2 Å². The van der Waals surface area contributed by atoms with E-state index in [4.69, 9.17) is 11.6 Å². The summed E-state index contributed by atoms with van der Waals surface area (Å²) in [6.45, 7) is 1.45. The molecule has 0 bridgehead atoms. The van der Waals surface area contributed by atoms with Gasteiger partial charge in [0.15, 0.2) is 0 Å². The fraction of sp³-hybridized carbons (Fsp3) is 0.600. The van der Waals surface area contributed by atoms with E-state index in [9.17, 15) is 18.4 Å². The van der Waals surface area contributed by atoms with E-state index in [2.05, 4.69) is 10.6 Å². The zero-order chi connectivity index (χ0) is 19.6. The van der Waals surface area contributed by atoms with E-state index < -0.39 is 17.7 Å². The van der Waals surface area contributed by atoms with Crippen LogP contribution in [-0.4, -0.2) is 17.9 Å². The fourth-order valence-corrected chi connectivity index (χ4v) is 4.62. The maximum atomic E-state index is 14.6. The highest BCUT2D eigenvalue weighted by Crippen LogP contribution is 2.39. The van der Waals surface area contributed by atoms with Gasteiger partial charge in [-0.2, -0.15) is 0 Å². The lowest BCUT2D eigenvalue weighted by Gasteiger charge is -2.27. The molecule has 148 valence electrons. The lowest BCUT2D eigenvalue weighted by atomic mass is 9.90. The Morgan fingerprint density at radius 1 is 1.15 bits per heavy atom. The highest BCUT2D eigenvalue weighted by molar-refractivity contribution is 6.30. The van der Waals surface area contributed by atoms with Crippen molar-refractivity contribution in [1.29, 1.82) is 0 Å². The third-order valence-corrected chi connectivity index (χ3v) is 6.06. The summed E-state index contributed by atoms with van der Waals surface area (Å²) in [6, 6.07) is 1.59. The first kappa shape index (κ1) is 20.1. The van der Waals surface area contributed by atoms with Crippen molar-refractivity contribution < 1.29 is 18.4 Å². The monoisotopic (exact) mass is 398 g/mol. The van der Waals surface area contributed by atoms with Crippen molar-refractivity contribution in [2.45, 2.75) is 64.0 Å². The zero-order valence-electron chi connectivity index (χ0n) is 15.4. The van der Waals surface area contributed by atoms with Crippen LogP contribution in [-0.2, 0) is 9.59 Å². The van der Waals surface area contributed by atoms with Gasteiger partial charge in [-0.15, -0.1) is 0 Å². The number of rotatable bonds is 5. The lowest BCUT2D eigenvalue weighted by Crippen LogP contribution is -2.38. The van der Waals surface area contributed by atoms with Gasteiger partial charge in [0.1, 0.15) is 11.6 Å². The Bertz CT molecular complexity index is 722. The number of benzene rings is 1. The molecular formula is C20H25ClF2N2O2. The summed E-state index contributed by atoms with van der Waals surface area (Å²) in [5.74, 6) is -2.08. The maximum absolute atomic E-state index is 14.6. The average molecular weight is 399 g/mol. The smallest absolute Gasteiger partial charge is 0.223 e. The second-order valence-corrected chi connectivity index (χ2v) is 8.10. The van der Waals surface area contributed by atoms with Crippen LogP contribution in [0.5, 0.6) is 0 Å². The summed E-state index contributed by atoms with van der Waals surface area (Å²) in [5, 5.41) is 5.60. The van der Waals surface area contributed by atoms with Crippen molar-refractivity contribution in [3.05, 3.63) is 34.4 Å². The molecule has 2 N–H and O–H groups in total. The van der Waals surface area contributed by atoms with Crippen LogP contribution in [0.2, 0.25) is 5.02 Å². The van der Waals surface area contributed by atoms with Crippen LogP contribution in [0.15, 0.2) is 12.1 Å². The molecule has 2 aliphatic carbocycles. The van der Waals surface area contributed by atoms with Crippen molar-refractivity contribution in [2.24, 2.45) is 11.8 Å². The number of hydrogen-bond donors (Lipinski definition) is 2. The second-order valence-electron chi connectivity index (χ2n) is 7.70. The Balaban J connectivity index is 1.78. The fourth-order valence-electron chi connectivity index (χ4n) is 4.45. The molecule has 2 amide bonds. The average Bonchev–Trinajstić information content (AvgIpc) is 3.29. The summed E-state index contributed by atoms with van der Waals surface area (Å²) >= 11 is 5.87. The Hall–Kier alpha value is -1.69. The van der Waals surface area contributed by atoms with Gasteiger partial charge >= 0.3 is 0 Å². The lowest BCUT2D eigenvalue weighted by molar-refractivity contribution is -0.126. The summed E-state index contributed by atoms with van der Waals surface area (Å²) in [4.78, 5) is 24.0. The van der Waals surface area contributed by atoms with Crippen LogP contribution in [0.4, 0.5) is 8.78 Å². The van der Waals surface area contributed by atoms with Crippen LogP contribution in [0.25, 0.3) is 0 Å². The second kappa shape index (κ2) is 8.55. The van der Waals surface area contributed by atoms with E-state index >= 15 is 0 Å². The van der Waals surface area contributed by atoms with Gasteiger partial charge in [-0.1, -0.05) is 24.4 Å². The van der Waals surface area contributed by atoms with E-state index in [1.807, 2.05) is 0 Å². The number of carbonyl (C=O) groups excluding carboxylic acids is 2. The Morgan fingerprint density at radius 2 is 1.85 bits per heavy atom. The first-order chi connectivity index (χ1) is 12.9. The highest BCUT2D eigenvalue weighted by Gasteiger charge is 2.36. The van der Waals surface area contributed by atoms with E-state index in [0.29, 0.717) is 12.8 Å². The van der Waals surface area contributed by atoms with Gasteiger partial charge < -0.3 is 10.6 Å². The molecule has 1 aromatic rings. The largest absolute Gasteiger partial charge is 0.354 e. The number of halogens is 3. The Kier molecular flexibility index (Phi) is 6.35. The third kappa shape index (κ3) is 4.60. The molecular weight excluding hydrogens is 374 g/mol. The van der Waals surface area contributed by atoms with E-state index in [1.165, 1.54) is 13.0 Å². The third-order valence-electron chi connectivity index (χ3n) is 5.77. The summed E-state index contributed by atoms with van der Waals surface area (Å²) in [7, 11) is 0. The topological polar surface area (TPSA) is 58.2 Å². The molecule has 0 heterocycles. The van der Waals surface area contributed by atoms with E-state index in [0.717, 1.165) is 38.2 Å². The van der Waals surface area contributed by atoms with Crippen molar-refractivity contribution in [3.63, 3.8) is 0 Å². The van der Waals surface area contributed by atoms with Gasteiger partial charge in [-0.3, -0.25) is 9.59 Å². The molecule has 2 fully saturated rings. The minimum absolute atomic E-state index is 0.0102. The first-order valence-corrected chi connectivity index (χ1v) is 9.95. The number of amides is 2. The van der Waals surface area contributed by atoms with Crippen molar-refractivity contribution in [3.8, 4) is 0 Å². The summed E-state index contributed by atoms with van der Waals surface area (Å²) < 4.78 is 29.1. The summed E-state index contributed by atoms with van der Waals surface area (Å²) in [6.07, 6.45) is 5.51. The van der Waals surface area contributed by atoms with Gasteiger partial charge in [0, 0.05) is 24.4 Å². The SMILES string of the molecule is CC(=O)N[C@@H]1CC[C@@H](C(=O)N[C@H](c2c(F)ccc(Cl)c2F)C2CCCC2)C1. The maximum Gasteiger partial charge on any atom is 0.223 e. The van der Waals surface area contributed by atoms with Crippen LogP contribution >= 0.6 is 11.6 Å². The normalized spacial score (nSPS) is 24.0. The molecule has 1 aromatic carbocycles. The Morgan fingerprint density at radius 3 is 2.52 bits per heavy atom. The van der Waals surface area contributed by atoms with Gasteiger partial charge in [-0.25, -0.2) is 8.78 Å². The van der Waals surface area contributed by atoms with Gasteiger partial charge in [0.05, 0.1) is 11.1 Å². The molecule has 0 radical (unpaired) electrons. The van der Waals surface area contributed by atoms with Crippen LogP contribution < -0.4 is 10.6 Å². The molecule has 3 atom stereocenters. The molecule has 0 spiro atoms. The predicted octanol–water partition coefficient (Wildman–Crippen LogP) is 4.27. The zero-order valence-corrected chi connectivity index (χ0v) is 16.1. The molecule has 4 nitrogen and oxygen atoms in total. The number of carbonyl (C=O) groups is 2. The van der Waals surface area contributed by atoms with Crippen molar-refractivity contribution in [2.75, 3.05) is 0 Å². The molecule has 27 heavy (non-hydrogen) atoms. The van der Waals surface area contributed by atoms with Gasteiger partial charge in [0.2, 0.25) is 11.8 Å². The van der Waals surface area contributed by atoms with E-state index in [-0.39, 0.29) is 40.3 Å². The quantitative estimate of drug-likeness (QED) is 0.727. The minimum atomic E-state index is -0.795. The first-order valence-electron chi connectivity index (χ1n) is 9.57. The van der Waals surface area contributed by atoms with Crippen LogP contribution in [0.3, 0.4) is 0 Å². The highest BCUT2D eigenvalue weighted by atomic mass is 35.5. The molecule has 0 aliphatic heterocycles. The molecule has 0 saturated heterocycles. The van der Waals surface area contributed by atoms with E-state index in [1.54, 1.807) is 0 Å². The minimum Gasteiger partial charge on any atom is -0.354 e. The Labute approximate surface area is 163 Å². The molecule has 7 heteroatoms. The molecule has 3 rings (SSSR count).